The Kier molecular flexibility index (Phi) is 5.14. The Morgan fingerprint density at radius 1 is 0.931 bits per heavy atom. The summed E-state index contributed by atoms with van der Waals surface area (Å²) in [5, 5.41) is 8.00. The Bertz CT molecular complexity index is 1180. The molecule has 6 heteroatoms. The van der Waals surface area contributed by atoms with Crippen LogP contribution in [-0.4, -0.2) is 20.7 Å². The third kappa shape index (κ3) is 4.20. The zero-order valence-electron chi connectivity index (χ0n) is 16.1. The van der Waals surface area contributed by atoms with E-state index in [-0.39, 0.29) is 11.7 Å². The van der Waals surface area contributed by atoms with Crippen molar-refractivity contribution in [3.05, 3.63) is 94.8 Å². The number of amides is 1. The molecule has 0 radical (unpaired) electrons. The second kappa shape index (κ2) is 7.89. The topological polar surface area (TPSA) is 59.8 Å². The fourth-order valence-electron chi connectivity index (χ4n) is 3.04. The van der Waals surface area contributed by atoms with E-state index in [4.69, 9.17) is 11.6 Å². The summed E-state index contributed by atoms with van der Waals surface area (Å²) in [5.41, 5.74) is 4.50. The summed E-state index contributed by atoms with van der Waals surface area (Å²) in [4.78, 5) is 17.3. The number of nitrogens with zero attached hydrogens (tertiary/aromatic N) is 3. The lowest BCUT2D eigenvalue weighted by Gasteiger charge is -2.07. The SMILES string of the molecule is Cc1cccc(NC(=O)c2nc(-c3ccc(Cl)cc3)n(-c3cccc(C)c3)n2)c1. The standard InChI is InChI=1S/C23H19ClN4O/c1-15-5-3-7-19(13-15)25-23(29)21-26-22(17-9-11-18(24)12-10-17)28(27-21)20-8-4-6-16(2)14-20/h3-14H,1-2H3,(H,25,29). The number of hydrogen-bond acceptors (Lipinski definition) is 3. The number of carbonyl (C=O) groups is 1. The van der Waals surface area contributed by atoms with Crippen molar-refractivity contribution in [1.82, 2.24) is 14.8 Å². The first kappa shape index (κ1) is 18.9. The minimum absolute atomic E-state index is 0.0953. The van der Waals surface area contributed by atoms with E-state index < -0.39 is 0 Å². The second-order valence-electron chi connectivity index (χ2n) is 6.84. The fraction of sp³-hybridized carbons (Fsp3) is 0.0870. The Hall–Kier alpha value is -3.44. The molecule has 0 saturated heterocycles. The van der Waals surface area contributed by atoms with E-state index in [0.717, 1.165) is 22.4 Å². The number of aryl methyl sites for hydroxylation is 2. The number of nitrogens with one attached hydrogen (secondary N) is 1. The van der Waals surface area contributed by atoms with Gasteiger partial charge in [-0.05, 0) is 73.5 Å². The summed E-state index contributed by atoms with van der Waals surface area (Å²) in [5.74, 6) is 0.303. The smallest absolute Gasteiger partial charge is 0.295 e. The van der Waals surface area contributed by atoms with E-state index in [9.17, 15) is 4.79 Å². The first-order chi connectivity index (χ1) is 14.0. The quantitative estimate of drug-likeness (QED) is 0.493. The highest BCUT2D eigenvalue weighted by atomic mass is 35.5. The molecule has 1 heterocycles. The van der Waals surface area contributed by atoms with Crippen LogP contribution in [0.25, 0.3) is 17.1 Å². The number of aromatic nitrogens is 3. The van der Waals surface area contributed by atoms with Crippen molar-refractivity contribution in [3.8, 4) is 17.1 Å². The summed E-state index contributed by atoms with van der Waals surface area (Å²) < 4.78 is 1.68. The molecule has 3 aromatic carbocycles. The number of rotatable bonds is 4. The van der Waals surface area contributed by atoms with Crippen LogP contribution in [0.2, 0.25) is 5.02 Å². The lowest BCUT2D eigenvalue weighted by molar-refractivity contribution is 0.101. The van der Waals surface area contributed by atoms with E-state index in [1.807, 2.05) is 74.5 Å². The molecule has 0 saturated carbocycles. The molecule has 0 aliphatic heterocycles. The number of halogens is 1. The number of hydrogen-bond donors (Lipinski definition) is 1. The number of anilines is 1. The van der Waals surface area contributed by atoms with Gasteiger partial charge in [-0.3, -0.25) is 4.79 Å². The monoisotopic (exact) mass is 402 g/mol. The molecule has 1 aromatic heterocycles. The van der Waals surface area contributed by atoms with E-state index >= 15 is 0 Å². The maximum absolute atomic E-state index is 12.8. The first-order valence-electron chi connectivity index (χ1n) is 9.18. The predicted molar refractivity (Wildman–Crippen MR) is 116 cm³/mol. The van der Waals surface area contributed by atoms with Gasteiger partial charge in [0, 0.05) is 16.3 Å². The van der Waals surface area contributed by atoms with Crippen molar-refractivity contribution in [2.24, 2.45) is 0 Å². The van der Waals surface area contributed by atoms with Gasteiger partial charge in [-0.2, -0.15) is 0 Å². The molecule has 0 bridgehead atoms. The first-order valence-corrected chi connectivity index (χ1v) is 9.55. The minimum Gasteiger partial charge on any atom is -0.319 e. The molecule has 0 spiro atoms. The van der Waals surface area contributed by atoms with Crippen LogP contribution in [0.15, 0.2) is 72.8 Å². The van der Waals surface area contributed by atoms with Crippen molar-refractivity contribution >= 4 is 23.2 Å². The number of carbonyl (C=O) groups excluding carboxylic acids is 1. The summed E-state index contributed by atoms with van der Waals surface area (Å²) in [7, 11) is 0. The van der Waals surface area contributed by atoms with Crippen molar-refractivity contribution in [2.75, 3.05) is 5.32 Å². The van der Waals surface area contributed by atoms with Crippen LogP contribution in [0.5, 0.6) is 0 Å². The van der Waals surface area contributed by atoms with Crippen LogP contribution >= 0.6 is 11.6 Å². The van der Waals surface area contributed by atoms with Crippen LogP contribution in [0.1, 0.15) is 21.7 Å². The largest absolute Gasteiger partial charge is 0.319 e. The molecular weight excluding hydrogens is 384 g/mol. The van der Waals surface area contributed by atoms with Crippen LogP contribution in [-0.2, 0) is 0 Å². The van der Waals surface area contributed by atoms with Gasteiger partial charge in [0.15, 0.2) is 5.82 Å². The Morgan fingerprint density at radius 3 is 2.31 bits per heavy atom. The fourth-order valence-corrected chi connectivity index (χ4v) is 3.17. The van der Waals surface area contributed by atoms with Crippen molar-refractivity contribution < 1.29 is 4.79 Å². The van der Waals surface area contributed by atoms with Crippen molar-refractivity contribution in [1.29, 1.82) is 0 Å². The lowest BCUT2D eigenvalue weighted by atomic mass is 10.2. The van der Waals surface area contributed by atoms with Gasteiger partial charge in [-0.1, -0.05) is 35.9 Å². The molecule has 5 nitrogen and oxygen atoms in total. The Morgan fingerprint density at radius 2 is 1.62 bits per heavy atom. The van der Waals surface area contributed by atoms with Gasteiger partial charge in [0.05, 0.1) is 5.69 Å². The van der Waals surface area contributed by atoms with Gasteiger partial charge in [-0.25, -0.2) is 9.67 Å². The molecule has 0 aliphatic carbocycles. The molecule has 0 unspecified atom stereocenters. The van der Waals surface area contributed by atoms with Gasteiger partial charge in [0.25, 0.3) is 5.91 Å². The molecule has 29 heavy (non-hydrogen) atoms. The van der Waals surface area contributed by atoms with E-state index in [0.29, 0.717) is 16.5 Å². The third-order valence-corrected chi connectivity index (χ3v) is 4.69. The van der Waals surface area contributed by atoms with Crippen LogP contribution < -0.4 is 5.32 Å². The maximum Gasteiger partial charge on any atom is 0.295 e. The maximum atomic E-state index is 12.8. The van der Waals surface area contributed by atoms with Crippen LogP contribution in [0, 0.1) is 13.8 Å². The zero-order chi connectivity index (χ0) is 20.4. The van der Waals surface area contributed by atoms with Crippen molar-refractivity contribution in [3.63, 3.8) is 0 Å². The normalized spacial score (nSPS) is 10.7. The number of benzene rings is 3. The molecule has 0 atom stereocenters. The lowest BCUT2D eigenvalue weighted by Crippen LogP contribution is -2.14. The molecule has 0 aliphatic rings. The predicted octanol–water partition coefficient (Wildman–Crippen LogP) is 5.46. The second-order valence-corrected chi connectivity index (χ2v) is 7.28. The average molecular weight is 403 g/mol. The van der Waals surface area contributed by atoms with Crippen molar-refractivity contribution in [2.45, 2.75) is 13.8 Å². The molecule has 144 valence electrons. The van der Waals surface area contributed by atoms with Crippen LogP contribution in [0.3, 0.4) is 0 Å². The Balaban J connectivity index is 1.76. The highest BCUT2D eigenvalue weighted by Crippen LogP contribution is 2.24. The third-order valence-electron chi connectivity index (χ3n) is 4.43. The molecule has 1 N–H and O–H groups in total. The van der Waals surface area contributed by atoms with E-state index in [1.54, 1.807) is 16.8 Å². The summed E-state index contributed by atoms with van der Waals surface area (Å²) >= 11 is 6.03. The zero-order valence-corrected chi connectivity index (χ0v) is 16.8. The molecular formula is C23H19ClN4O. The summed E-state index contributed by atoms with van der Waals surface area (Å²) in [6.07, 6.45) is 0. The van der Waals surface area contributed by atoms with E-state index in [2.05, 4.69) is 15.4 Å². The Labute approximate surface area is 174 Å². The summed E-state index contributed by atoms with van der Waals surface area (Å²) in [6, 6.07) is 22.8. The highest BCUT2D eigenvalue weighted by molar-refractivity contribution is 6.30. The van der Waals surface area contributed by atoms with Gasteiger partial charge in [0.1, 0.15) is 0 Å². The molecule has 0 fully saturated rings. The van der Waals surface area contributed by atoms with E-state index in [1.165, 1.54) is 0 Å². The van der Waals surface area contributed by atoms with Crippen LogP contribution in [0.4, 0.5) is 5.69 Å². The van der Waals surface area contributed by atoms with Gasteiger partial charge in [-0.15, -0.1) is 5.10 Å². The highest BCUT2D eigenvalue weighted by Gasteiger charge is 2.19. The van der Waals surface area contributed by atoms with Gasteiger partial charge in [0.2, 0.25) is 5.82 Å². The average Bonchev–Trinajstić information content (AvgIpc) is 3.14. The molecule has 4 rings (SSSR count). The minimum atomic E-state index is -0.364. The molecule has 1 amide bonds. The van der Waals surface area contributed by atoms with Gasteiger partial charge < -0.3 is 5.32 Å². The molecule has 4 aromatic rings. The summed E-state index contributed by atoms with van der Waals surface area (Å²) in [6.45, 7) is 3.98. The van der Waals surface area contributed by atoms with Gasteiger partial charge >= 0.3 is 0 Å².